The first kappa shape index (κ1) is 30.1. The standard InChI is InChI=1S/C33H34F3N3O4/c1-20(2)39(31(40)24-9-6-21(3)7-10-24)28-12-11-25(18-26(28)32(41)42)43-29-13-8-22(17-27(29)33(34,35)36)19-38-16-4-5-23-14-15-37-30(23)38/h4-5,8,11-18,20-21,24H,6-7,9-10,19H2,1-3H3,(H,41,42)/t21-,24-. The molecule has 1 fully saturated rings. The summed E-state index contributed by atoms with van der Waals surface area (Å²) in [6.07, 6.45) is 2.00. The van der Waals surface area contributed by atoms with E-state index < -0.39 is 23.5 Å². The first-order valence-corrected chi connectivity index (χ1v) is 14.4. The Kier molecular flexibility index (Phi) is 8.48. The van der Waals surface area contributed by atoms with Crippen LogP contribution < -0.4 is 9.64 Å². The molecule has 1 N–H and O–H groups in total. The molecule has 226 valence electrons. The summed E-state index contributed by atoms with van der Waals surface area (Å²) >= 11 is 0. The highest BCUT2D eigenvalue weighted by Crippen LogP contribution is 2.40. The normalized spacial score (nSPS) is 17.3. The van der Waals surface area contributed by atoms with Crippen LogP contribution in [0.3, 0.4) is 0 Å². The molecule has 10 heteroatoms. The number of hydrogen-bond donors (Lipinski definition) is 1. The van der Waals surface area contributed by atoms with Crippen LogP contribution in [0, 0.1) is 11.8 Å². The molecular weight excluding hydrogens is 559 g/mol. The number of nitrogens with zero attached hydrogens (tertiary/aromatic N) is 3. The summed E-state index contributed by atoms with van der Waals surface area (Å²) in [5.41, 5.74) is 0.254. The Labute approximate surface area is 248 Å². The zero-order valence-corrected chi connectivity index (χ0v) is 24.3. The first-order chi connectivity index (χ1) is 20.4. The number of anilines is 1. The van der Waals surface area contributed by atoms with Gasteiger partial charge in [-0.15, -0.1) is 0 Å². The molecule has 3 aliphatic rings. The maximum absolute atomic E-state index is 14.2. The van der Waals surface area contributed by atoms with E-state index in [0.29, 0.717) is 17.3 Å². The van der Waals surface area contributed by atoms with Crippen LogP contribution in [0.5, 0.6) is 11.5 Å². The lowest BCUT2D eigenvalue weighted by Crippen LogP contribution is -2.42. The molecule has 7 nitrogen and oxygen atoms in total. The number of aromatic nitrogens is 2. The zero-order chi connectivity index (χ0) is 30.9. The number of fused-ring (bicyclic) bond motifs is 1. The van der Waals surface area contributed by atoms with Crippen molar-refractivity contribution in [2.45, 2.75) is 65.2 Å². The molecule has 2 heterocycles. The average Bonchev–Trinajstić information content (AvgIpc) is 3.44. The maximum Gasteiger partial charge on any atom is 0.419 e. The predicted octanol–water partition coefficient (Wildman–Crippen LogP) is 8.11. The van der Waals surface area contributed by atoms with Gasteiger partial charge in [0.15, 0.2) is 0 Å². The first-order valence-electron chi connectivity index (χ1n) is 14.4. The topological polar surface area (TPSA) is 84.7 Å². The van der Waals surface area contributed by atoms with Gasteiger partial charge in [0.1, 0.15) is 17.3 Å². The zero-order valence-electron chi connectivity index (χ0n) is 24.3. The van der Waals surface area contributed by atoms with Crippen molar-refractivity contribution in [3.63, 3.8) is 0 Å². The second-order valence-corrected chi connectivity index (χ2v) is 11.5. The van der Waals surface area contributed by atoms with Crippen molar-refractivity contribution in [1.29, 1.82) is 0 Å². The third kappa shape index (κ3) is 6.53. The van der Waals surface area contributed by atoms with Crippen LogP contribution in [0.25, 0.3) is 11.4 Å². The fourth-order valence-electron chi connectivity index (χ4n) is 5.78. The molecule has 5 rings (SSSR count). The number of carbonyl (C=O) groups is 2. The molecule has 0 spiro atoms. The van der Waals surface area contributed by atoms with Crippen LogP contribution in [0.2, 0.25) is 0 Å². The van der Waals surface area contributed by atoms with Crippen LogP contribution in [-0.2, 0) is 17.5 Å². The summed E-state index contributed by atoms with van der Waals surface area (Å²) in [6, 6.07) is 13.0. The molecule has 0 unspecified atom stereocenters. The highest BCUT2D eigenvalue weighted by molar-refractivity contribution is 6.03. The molecule has 0 radical (unpaired) electrons. The Morgan fingerprint density at radius 1 is 1.07 bits per heavy atom. The van der Waals surface area contributed by atoms with Crippen LogP contribution >= 0.6 is 0 Å². The number of carboxylic acids is 1. The SMILES string of the molecule is CC(C)N(c1ccc(Oc2ccc(Cn3cccc4ccnc3-4)cc2C(F)(F)F)cc1C(=O)O)C(=O)[C@H]1CC[C@H](C)CC1. The fraction of sp³-hybridized carbons (Fsp3) is 0.364. The van der Waals surface area contributed by atoms with Crippen molar-refractivity contribution in [3.8, 4) is 22.9 Å². The Hall–Kier alpha value is -4.34. The van der Waals surface area contributed by atoms with E-state index in [2.05, 4.69) is 11.9 Å². The maximum atomic E-state index is 14.2. The molecule has 43 heavy (non-hydrogen) atoms. The molecule has 2 aliphatic heterocycles. The van der Waals surface area contributed by atoms with E-state index in [9.17, 15) is 27.9 Å². The monoisotopic (exact) mass is 593 g/mol. The highest BCUT2D eigenvalue weighted by atomic mass is 19.4. The van der Waals surface area contributed by atoms with Gasteiger partial charge in [0, 0.05) is 36.5 Å². The Bertz CT molecular complexity index is 1590. The number of hydrogen-bond acceptors (Lipinski definition) is 4. The number of pyridine rings is 1. The summed E-state index contributed by atoms with van der Waals surface area (Å²) in [5, 5.41) is 10.1. The number of carboxylic acid groups (broad SMARTS) is 1. The highest BCUT2D eigenvalue weighted by Gasteiger charge is 2.36. The minimum Gasteiger partial charge on any atom is -0.478 e. The van der Waals surface area contributed by atoms with Crippen molar-refractivity contribution in [3.05, 3.63) is 83.7 Å². The third-order valence-electron chi connectivity index (χ3n) is 8.03. The largest absolute Gasteiger partial charge is 0.478 e. The number of aromatic carboxylic acids is 1. The third-order valence-corrected chi connectivity index (χ3v) is 8.03. The van der Waals surface area contributed by atoms with Crippen molar-refractivity contribution in [1.82, 2.24) is 9.55 Å². The van der Waals surface area contributed by atoms with Gasteiger partial charge in [0.25, 0.3) is 0 Å². The number of ether oxygens (including phenoxy) is 1. The van der Waals surface area contributed by atoms with Crippen LogP contribution in [0.1, 0.15) is 67.9 Å². The van der Waals surface area contributed by atoms with Crippen LogP contribution in [0.4, 0.5) is 18.9 Å². The summed E-state index contributed by atoms with van der Waals surface area (Å²) in [6.45, 7) is 5.93. The van der Waals surface area contributed by atoms with Crippen molar-refractivity contribution in [2.24, 2.45) is 11.8 Å². The number of halogens is 3. The quantitative estimate of drug-likeness (QED) is 0.223. The van der Waals surface area contributed by atoms with Crippen LogP contribution in [-0.4, -0.2) is 32.6 Å². The molecule has 2 aromatic carbocycles. The molecule has 0 bridgehead atoms. The molecule has 0 atom stereocenters. The number of benzene rings is 2. The minimum absolute atomic E-state index is 0.0813. The van der Waals surface area contributed by atoms with E-state index >= 15 is 0 Å². The van der Waals surface area contributed by atoms with Gasteiger partial charge in [-0.1, -0.05) is 13.0 Å². The second kappa shape index (κ2) is 12.1. The Morgan fingerprint density at radius 2 is 1.81 bits per heavy atom. The number of rotatable bonds is 8. The number of alkyl halides is 3. The van der Waals surface area contributed by atoms with Gasteiger partial charge >= 0.3 is 12.1 Å². The summed E-state index contributed by atoms with van der Waals surface area (Å²) in [4.78, 5) is 31.7. The van der Waals surface area contributed by atoms with Crippen molar-refractivity contribution < 1.29 is 32.6 Å². The fourth-order valence-corrected chi connectivity index (χ4v) is 5.78. The Morgan fingerprint density at radius 3 is 2.49 bits per heavy atom. The van der Waals surface area contributed by atoms with E-state index in [4.69, 9.17) is 4.74 Å². The van der Waals surface area contributed by atoms with E-state index in [1.807, 2.05) is 26.0 Å². The van der Waals surface area contributed by atoms with Gasteiger partial charge in [0.2, 0.25) is 5.91 Å². The van der Waals surface area contributed by atoms with Gasteiger partial charge in [-0.25, -0.2) is 9.78 Å². The lowest BCUT2D eigenvalue weighted by molar-refractivity contribution is -0.138. The summed E-state index contributed by atoms with van der Waals surface area (Å²) in [7, 11) is 0. The van der Waals surface area contributed by atoms with Crippen LogP contribution in [0.15, 0.2) is 67.0 Å². The average molecular weight is 594 g/mol. The molecule has 1 saturated carbocycles. The predicted molar refractivity (Wildman–Crippen MR) is 157 cm³/mol. The van der Waals surface area contributed by atoms with Gasteiger partial charge in [-0.05, 0) is 99.5 Å². The molecular formula is C33H34F3N3O4. The van der Waals surface area contributed by atoms with E-state index in [1.165, 1.54) is 35.2 Å². The molecule has 1 amide bonds. The number of amides is 1. The molecule has 0 saturated heterocycles. The van der Waals surface area contributed by atoms with Gasteiger partial charge < -0.3 is 19.3 Å². The second-order valence-electron chi connectivity index (χ2n) is 11.5. The van der Waals surface area contributed by atoms with Gasteiger partial charge in [-0.2, -0.15) is 13.2 Å². The molecule has 0 aromatic heterocycles. The van der Waals surface area contributed by atoms with E-state index in [0.717, 1.165) is 37.3 Å². The lowest BCUT2D eigenvalue weighted by Gasteiger charge is -2.34. The lowest BCUT2D eigenvalue weighted by atomic mass is 9.82. The van der Waals surface area contributed by atoms with E-state index in [1.54, 1.807) is 23.0 Å². The van der Waals surface area contributed by atoms with Crippen molar-refractivity contribution >= 4 is 17.6 Å². The summed E-state index contributed by atoms with van der Waals surface area (Å²) in [5.74, 6) is -0.990. The number of carbonyl (C=O) groups excluding carboxylic acids is 1. The summed E-state index contributed by atoms with van der Waals surface area (Å²) < 4.78 is 50.0. The van der Waals surface area contributed by atoms with E-state index in [-0.39, 0.29) is 41.4 Å². The minimum atomic E-state index is -4.73. The van der Waals surface area contributed by atoms with Gasteiger partial charge in [0.05, 0.1) is 16.8 Å². The molecule has 1 aliphatic carbocycles. The van der Waals surface area contributed by atoms with Crippen molar-refractivity contribution in [2.75, 3.05) is 4.90 Å². The molecule has 2 aromatic rings. The smallest absolute Gasteiger partial charge is 0.419 e. The van der Waals surface area contributed by atoms with Gasteiger partial charge in [-0.3, -0.25) is 4.79 Å². The Balaban J connectivity index is 1.44.